The summed E-state index contributed by atoms with van der Waals surface area (Å²) in [4.78, 5) is 0. The Morgan fingerprint density at radius 2 is 1.47 bits per heavy atom. The largest absolute Gasteiger partial charge is 0.385 e. The molecule has 0 aliphatic heterocycles. The Kier molecular flexibility index (Phi) is 7.52. The molecule has 2 N–H and O–H groups in total. The van der Waals surface area contributed by atoms with E-state index in [1.165, 1.54) is 0 Å². The Hall–Kier alpha value is -1.07. The molecule has 1 aromatic carbocycles. The van der Waals surface area contributed by atoms with Gasteiger partial charge in [-0.05, 0) is 25.0 Å². The maximum absolute atomic E-state index is 10.5. The highest BCUT2D eigenvalue weighted by molar-refractivity contribution is 7.85. The van der Waals surface area contributed by atoms with Crippen LogP contribution >= 0.6 is 0 Å². The van der Waals surface area contributed by atoms with Crippen molar-refractivity contribution in [1.82, 2.24) is 0 Å². The van der Waals surface area contributed by atoms with Gasteiger partial charge in [0, 0.05) is 12.2 Å². The number of anilines is 1. The molecule has 1 rings (SSSR count). The lowest BCUT2D eigenvalue weighted by molar-refractivity contribution is 0.478. The lowest BCUT2D eigenvalue weighted by Gasteiger charge is -2.05. The van der Waals surface area contributed by atoms with Crippen molar-refractivity contribution in [2.24, 2.45) is 0 Å². The second kappa shape index (κ2) is 8.93. The fourth-order valence-corrected chi connectivity index (χ4v) is 2.47. The zero-order chi connectivity index (χ0) is 14.0. The van der Waals surface area contributed by atoms with E-state index in [1.807, 2.05) is 18.2 Å². The zero-order valence-corrected chi connectivity index (χ0v) is 12.0. The Morgan fingerprint density at radius 1 is 0.895 bits per heavy atom. The summed E-state index contributed by atoms with van der Waals surface area (Å²) in [5, 5.41) is 3.35. The molecule has 0 fully saturated rings. The summed E-state index contributed by atoms with van der Waals surface area (Å²) in [5.41, 5.74) is 1.15. The van der Waals surface area contributed by atoms with Gasteiger partial charge in [-0.2, -0.15) is 8.42 Å². The van der Waals surface area contributed by atoms with Gasteiger partial charge in [0.2, 0.25) is 0 Å². The van der Waals surface area contributed by atoms with Crippen LogP contribution in [-0.2, 0) is 10.1 Å². The molecule has 0 radical (unpaired) electrons. The molecule has 108 valence electrons. The van der Waals surface area contributed by atoms with Gasteiger partial charge in [0.15, 0.2) is 0 Å². The molecule has 0 spiro atoms. The number of nitrogens with one attached hydrogen (secondary N) is 1. The topological polar surface area (TPSA) is 66.4 Å². The molecule has 0 unspecified atom stereocenters. The molecule has 0 saturated heterocycles. The third kappa shape index (κ3) is 9.50. The number of rotatable bonds is 10. The first kappa shape index (κ1) is 16.0. The first-order valence-corrected chi connectivity index (χ1v) is 8.43. The molecule has 19 heavy (non-hydrogen) atoms. The van der Waals surface area contributed by atoms with E-state index in [2.05, 4.69) is 17.4 Å². The van der Waals surface area contributed by atoms with Crippen molar-refractivity contribution in [2.75, 3.05) is 17.6 Å². The molecule has 0 atom stereocenters. The quantitative estimate of drug-likeness (QED) is 0.511. The van der Waals surface area contributed by atoms with Crippen molar-refractivity contribution in [1.29, 1.82) is 0 Å². The number of hydrogen-bond donors (Lipinski definition) is 2. The Morgan fingerprint density at radius 3 is 2.11 bits per heavy atom. The van der Waals surface area contributed by atoms with E-state index < -0.39 is 10.1 Å². The van der Waals surface area contributed by atoms with Gasteiger partial charge in [-0.15, -0.1) is 0 Å². The highest BCUT2D eigenvalue weighted by Crippen LogP contribution is 2.08. The Labute approximate surface area is 116 Å². The maximum Gasteiger partial charge on any atom is 0.264 e. The molecule has 0 aromatic heterocycles. The second-order valence-electron chi connectivity index (χ2n) is 4.70. The van der Waals surface area contributed by atoms with E-state index in [0.29, 0.717) is 6.42 Å². The van der Waals surface area contributed by atoms with Gasteiger partial charge in [-0.25, -0.2) is 0 Å². The van der Waals surface area contributed by atoms with Gasteiger partial charge >= 0.3 is 0 Å². The molecule has 1 aromatic rings. The van der Waals surface area contributed by atoms with Gasteiger partial charge < -0.3 is 5.32 Å². The van der Waals surface area contributed by atoms with Crippen LogP contribution in [0.15, 0.2) is 30.3 Å². The van der Waals surface area contributed by atoms with Crippen LogP contribution in [0.1, 0.15) is 38.5 Å². The Bertz CT molecular complexity index is 431. The number of unbranched alkanes of at least 4 members (excludes halogenated alkanes) is 5. The first-order chi connectivity index (χ1) is 9.08. The Balaban J connectivity index is 1.89. The summed E-state index contributed by atoms with van der Waals surface area (Å²) < 4.78 is 29.5. The lowest BCUT2D eigenvalue weighted by Crippen LogP contribution is -2.03. The van der Waals surface area contributed by atoms with Crippen LogP contribution < -0.4 is 5.32 Å². The standard InChI is InChI=1S/C14H23NO3S/c16-19(17,18)13-9-4-2-1-3-8-12-15-14-10-6-5-7-11-14/h5-7,10-11,15H,1-4,8-9,12-13H2,(H,16,17,18). The third-order valence-electron chi connectivity index (χ3n) is 2.93. The predicted molar refractivity (Wildman–Crippen MR) is 79.0 cm³/mol. The van der Waals surface area contributed by atoms with Crippen LogP contribution in [0, 0.1) is 0 Å². The normalized spacial score (nSPS) is 11.4. The molecule has 0 heterocycles. The number of para-hydroxylation sites is 1. The zero-order valence-electron chi connectivity index (χ0n) is 11.2. The van der Waals surface area contributed by atoms with E-state index in [-0.39, 0.29) is 5.75 Å². The molecule has 0 aliphatic carbocycles. The second-order valence-corrected chi connectivity index (χ2v) is 6.27. The van der Waals surface area contributed by atoms with E-state index in [1.54, 1.807) is 0 Å². The van der Waals surface area contributed by atoms with Crippen LogP contribution in [0.2, 0.25) is 0 Å². The van der Waals surface area contributed by atoms with Crippen molar-refractivity contribution < 1.29 is 13.0 Å². The number of hydrogen-bond acceptors (Lipinski definition) is 3. The average Bonchev–Trinajstić information content (AvgIpc) is 2.37. The van der Waals surface area contributed by atoms with Crippen molar-refractivity contribution in [3.05, 3.63) is 30.3 Å². The molecule has 0 amide bonds. The fourth-order valence-electron chi connectivity index (χ4n) is 1.91. The molecule has 0 bridgehead atoms. The van der Waals surface area contributed by atoms with Crippen LogP contribution in [0.4, 0.5) is 5.69 Å². The van der Waals surface area contributed by atoms with Crippen molar-refractivity contribution in [3.8, 4) is 0 Å². The predicted octanol–water partition coefficient (Wildman–Crippen LogP) is 3.33. The average molecular weight is 285 g/mol. The van der Waals surface area contributed by atoms with E-state index in [0.717, 1.165) is 44.3 Å². The molecule has 5 heteroatoms. The third-order valence-corrected chi connectivity index (χ3v) is 3.74. The minimum atomic E-state index is -3.77. The minimum Gasteiger partial charge on any atom is -0.385 e. The minimum absolute atomic E-state index is 0.109. The highest BCUT2D eigenvalue weighted by atomic mass is 32.2. The molecule has 0 aliphatic rings. The summed E-state index contributed by atoms with van der Waals surface area (Å²) in [6, 6.07) is 10.1. The summed E-state index contributed by atoms with van der Waals surface area (Å²) in [6.07, 6.45) is 5.83. The van der Waals surface area contributed by atoms with Crippen LogP contribution in [0.3, 0.4) is 0 Å². The maximum atomic E-state index is 10.5. The smallest absolute Gasteiger partial charge is 0.264 e. The molecular weight excluding hydrogens is 262 g/mol. The van der Waals surface area contributed by atoms with E-state index in [4.69, 9.17) is 4.55 Å². The summed E-state index contributed by atoms with van der Waals surface area (Å²) in [5.74, 6) is -0.109. The van der Waals surface area contributed by atoms with E-state index in [9.17, 15) is 8.42 Å². The monoisotopic (exact) mass is 285 g/mol. The fraction of sp³-hybridized carbons (Fsp3) is 0.571. The summed E-state index contributed by atoms with van der Waals surface area (Å²) in [6.45, 7) is 0.967. The number of benzene rings is 1. The van der Waals surface area contributed by atoms with E-state index >= 15 is 0 Å². The first-order valence-electron chi connectivity index (χ1n) is 6.82. The van der Waals surface area contributed by atoms with Gasteiger partial charge in [-0.3, -0.25) is 4.55 Å². The van der Waals surface area contributed by atoms with Gasteiger partial charge in [0.1, 0.15) is 0 Å². The highest BCUT2D eigenvalue weighted by Gasteiger charge is 2.02. The van der Waals surface area contributed by atoms with Gasteiger partial charge in [0.05, 0.1) is 5.75 Å². The van der Waals surface area contributed by atoms with Crippen LogP contribution in [-0.4, -0.2) is 25.3 Å². The molecular formula is C14H23NO3S. The summed E-state index contributed by atoms with van der Waals surface area (Å²) >= 11 is 0. The van der Waals surface area contributed by atoms with Crippen molar-refractivity contribution >= 4 is 15.8 Å². The molecule has 0 saturated carbocycles. The summed E-state index contributed by atoms with van der Waals surface area (Å²) in [7, 11) is -3.77. The van der Waals surface area contributed by atoms with Crippen LogP contribution in [0.5, 0.6) is 0 Å². The lowest BCUT2D eigenvalue weighted by atomic mass is 10.1. The van der Waals surface area contributed by atoms with Crippen molar-refractivity contribution in [3.63, 3.8) is 0 Å². The SMILES string of the molecule is O=S(=O)(O)CCCCCCCCNc1ccccc1. The van der Waals surface area contributed by atoms with Gasteiger partial charge in [-0.1, -0.05) is 43.9 Å². The van der Waals surface area contributed by atoms with Crippen LogP contribution in [0.25, 0.3) is 0 Å². The molecule has 4 nitrogen and oxygen atoms in total. The van der Waals surface area contributed by atoms with Gasteiger partial charge in [0.25, 0.3) is 10.1 Å². The van der Waals surface area contributed by atoms with Crippen molar-refractivity contribution in [2.45, 2.75) is 38.5 Å².